The van der Waals surface area contributed by atoms with E-state index in [2.05, 4.69) is 5.32 Å². The second-order valence-corrected chi connectivity index (χ2v) is 7.84. The summed E-state index contributed by atoms with van der Waals surface area (Å²) in [5, 5.41) is 3.69. The lowest BCUT2D eigenvalue weighted by Crippen LogP contribution is -2.50. The van der Waals surface area contributed by atoms with Gasteiger partial charge in [0, 0.05) is 28.7 Å². The number of nitrogens with zero attached hydrogens (tertiary/aromatic N) is 1. The largest absolute Gasteiger partial charge is 0.483 e. The van der Waals surface area contributed by atoms with Crippen molar-refractivity contribution in [3.63, 3.8) is 0 Å². The number of hydrogen-bond donors (Lipinski definition) is 1. The van der Waals surface area contributed by atoms with Crippen LogP contribution in [0.2, 0.25) is 10.0 Å². The number of halogens is 2. The van der Waals surface area contributed by atoms with E-state index < -0.39 is 6.04 Å². The number of amides is 2. The predicted octanol–water partition coefficient (Wildman–Crippen LogP) is 4.93. The highest BCUT2D eigenvalue weighted by molar-refractivity contribution is 6.36. The van der Waals surface area contributed by atoms with E-state index in [1.807, 2.05) is 45.9 Å². The molecule has 0 bridgehead atoms. The standard InChI is InChI=1S/C23H28Cl2N2O3/c1-5-20(23(29)26-6-2)27(13-17-18(24)10-8-11-19(17)25)22(28)14-30-21-12-7-9-15(3)16(21)4/h7-12,20H,5-6,13-14H2,1-4H3,(H,26,29)/t20-/m0/s1. The molecule has 2 rings (SSSR count). The van der Waals surface area contributed by atoms with Crippen LogP contribution in [0.15, 0.2) is 36.4 Å². The molecule has 0 radical (unpaired) electrons. The predicted molar refractivity (Wildman–Crippen MR) is 121 cm³/mol. The van der Waals surface area contributed by atoms with E-state index in [-0.39, 0.29) is 25.0 Å². The molecule has 0 aliphatic heterocycles. The molecule has 162 valence electrons. The van der Waals surface area contributed by atoms with Crippen LogP contribution in [0.1, 0.15) is 37.0 Å². The molecule has 0 fully saturated rings. The highest BCUT2D eigenvalue weighted by Gasteiger charge is 2.29. The molecule has 5 nitrogen and oxygen atoms in total. The molecule has 0 aliphatic carbocycles. The molecule has 0 aromatic heterocycles. The Hall–Kier alpha value is -2.24. The number of carbonyl (C=O) groups excluding carboxylic acids is 2. The SMILES string of the molecule is CCNC(=O)[C@H](CC)N(Cc1c(Cl)cccc1Cl)C(=O)COc1cccc(C)c1C. The van der Waals surface area contributed by atoms with E-state index in [4.69, 9.17) is 27.9 Å². The minimum absolute atomic E-state index is 0.114. The topological polar surface area (TPSA) is 58.6 Å². The average molecular weight is 451 g/mol. The van der Waals surface area contributed by atoms with Gasteiger partial charge < -0.3 is 15.0 Å². The van der Waals surface area contributed by atoms with Crippen molar-refractivity contribution in [1.82, 2.24) is 10.2 Å². The first kappa shape index (κ1) is 24.0. The zero-order valence-electron chi connectivity index (χ0n) is 17.8. The van der Waals surface area contributed by atoms with Crippen LogP contribution in [0.5, 0.6) is 5.75 Å². The summed E-state index contributed by atoms with van der Waals surface area (Å²) >= 11 is 12.6. The number of aryl methyl sites for hydroxylation is 1. The molecular formula is C23H28Cl2N2O3. The maximum atomic E-state index is 13.2. The lowest BCUT2D eigenvalue weighted by Gasteiger charge is -2.31. The minimum atomic E-state index is -0.660. The van der Waals surface area contributed by atoms with Crippen LogP contribution in [0.4, 0.5) is 0 Å². The molecule has 0 heterocycles. The Kier molecular flexibility index (Phi) is 9.00. The van der Waals surface area contributed by atoms with Crippen LogP contribution in [0, 0.1) is 13.8 Å². The Morgan fingerprint density at radius 1 is 1.07 bits per heavy atom. The summed E-state index contributed by atoms with van der Waals surface area (Å²) in [6, 6.07) is 10.2. The highest BCUT2D eigenvalue weighted by Crippen LogP contribution is 2.27. The number of carbonyl (C=O) groups is 2. The van der Waals surface area contributed by atoms with Crippen LogP contribution in [-0.2, 0) is 16.1 Å². The zero-order valence-corrected chi connectivity index (χ0v) is 19.3. The Labute approximate surface area is 188 Å². The lowest BCUT2D eigenvalue weighted by atomic mass is 10.1. The third-order valence-electron chi connectivity index (χ3n) is 5.03. The molecular weight excluding hydrogens is 423 g/mol. The van der Waals surface area contributed by atoms with Gasteiger partial charge >= 0.3 is 0 Å². The van der Waals surface area contributed by atoms with Crippen molar-refractivity contribution in [3.05, 3.63) is 63.1 Å². The van der Waals surface area contributed by atoms with E-state index in [0.29, 0.717) is 34.3 Å². The van der Waals surface area contributed by atoms with Gasteiger partial charge in [-0.15, -0.1) is 0 Å². The molecule has 1 N–H and O–H groups in total. The van der Waals surface area contributed by atoms with Crippen LogP contribution in [0.25, 0.3) is 0 Å². The molecule has 1 atom stereocenters. The maximum Gasteiger partial charge on any atom is 0.261 e. The van der Waals surface area contributed by atoms with Crippen LogP contribution < -0.4 is 10.1 Å². The van der Waals surface area contributed by atoms with Crippen molar-refractivity contribution >= 4 is 35.0 Å². The van der Waals surface area contributed by atoms with Gasteiger partial charge in [0.15, 0.2) is 6.61 Å². The van der Waals surface area contributed by atoms with Gasteiger partial charge in [0.25, 0.3) is 5.91 Å². The van der Waals surface area contributed by atoms with Crippen molar-refractivity contribution in [2.45, 2.75) is 46.7 Å². The summed E-state index contributed by atoms with van der Waals surface area (Å²) in [7, 11) is 0. The zero-order chi connectivity index (χ0) is 22.3. The van der Waals surface area contributed by atoms with Crippen molar-refractivity contribution in [1.29, 1.82) is 0 Å². The van der Waals surface area contributed by atoms with E-state index in [9.17, 15) is 9.59 Å². The van der Waals surface area contributed by atoms with Crippen molar-refractivity contribution < 1.29 is 14.3 Å². The van der Waals surface area contributed by atoms with E-state index in [1.165, 1.54) is 4.90 Å². The van der Waals surface area contributed by atoms with Gasteiger partial charge in [-0.1, -0.05) is 48.3 Å². The maximum absolute atomic E-state index is 13.2. The number of likely N-dealkylation sites (N-methyl/N-ethyl adjacent to an activating group) is 1. The third-order valence-corrected chi connectivity index (χ3v) is 5.74. The molecule has 7 heteroatoms. The van der Waals surface area contributed by atoms with Gasteiger partial charge in [0.1, 0.15) is 11.8 Å². The average Bonchev–Trinajstić information content (AvgIpc) is 2.71. The van der Waals surface area contributed by atoms with Gasteiger partial charge in [-0.3, -0.25) is 9.59 Å². The number of ether oxygens (including phenoxy) is 1. The first-order valence-electron chi connectivity index (χ1n) is 9.99. The fraction of sp³-hybridized carbons (Fsp3) is 0.391. The van der Waals surface area contributed by atoms with Gasteiger partial charge in [0.05, 0.1) is 0 Å². The van der Waals surface area contributed by atoms with E-state index in [1.54, 1.807) is 18.2 Å². The molecule has 2 aromatic carbocycles. The Bertz CT molecular complexity index is 882. The number of nitrogens with one attached hydrogen (secondary N) is 1. The molecule has 30 heavy (non-hydrogen) atoms. The quantitative estimate of drug-likeness (QED) is 0.588. The van der Waals surface area contributed by atoms with Gasteiger partial charge in [-0.25, -0.2) is 0 Å². The second-order valence-electron chi connectivity index (χ2n) is 7.03. The van der Waals surface area contributed by atoms with Crippen molar-refractivity contribution in [2.75, 3.05) is 13.2 Å². The summed E-state index contributed by atoms with van der Waals surface area (Å²) in [4.78, 5) is 27.3. The smallest absolute Gasteiger partial charge is 0.261 e. The van der Waals surface area contributed by atoms with Gasteiger partial charge in [-0.2, -0.15) is 0 Å². The van der Waals surface area contributed by atoms with Crippen molar-refractivity contribution in [2.24, 2.45) is 0 Å². The second kappa shape index (κ2) is 11.2. The number of hydrogen-bond acceptors (Lipinski definition) is 3. The van der Waals surface area contributed by atoms with E-state index >= 15 is 0 Å². The normalized spacial score (nSPS) is 11.7. The molecule has 0 spiro atoms. The summed E-state index contributed by atoms with van der Waals surface area (Å²) < 4.78 is 5.80. The minimum Gasteiger partial charge on any atom is -0.483 e. The van der Waals surface area contributed by atoms with Gasteiger partial charge in [0.2, 0.25) is 5.91 Å². The third kappa shape index (κ3) is 5.89. The molecule has 2 amide bonds. The summed E-state index contributed by atoms with van der Waals surface area (Å²) in [6.45, 7) is 8.03. The molecule has 0 unspecified atom stereocenters. The lowest BCUT2D eigenvalue weighted by molar-refractivity contribution is -0.142. The summed E-state index contributed by atoms with van der Waals surface area (Å²) in [6.07, 6.45) is 0.448. The van der Waals surface area contributed by atoms with Crippen LogP contribution in [-0.4, -0.2) is 35.9 Å². The monoisotopic (exact) mass is 450 g/mol. The highest BCUT2D eigenvalue weighted by atomic mass is 35.5. The number of rotatable bonds is 9. The first-order chi connectivity index (χ1) is 14.3. The van der Waals surface area contributed by atoms with Crippen LogP contribution >= 0.6 is 23.2 Å². The Morgan fingerprint density at radius 3 is 2.30 bits per heavy atom. The molecule has 0 aliphatic rings. The number of benzene rings is 2. The van der Waals surface area contributed by atoms with Crippen LogP contribution in [0.3, 0.4) is 0 Å². The fourth-order valence-electron chi connectivity index (χ4n) is 3.17. The first-order valence-corrected chi connectivity index (χ1v) is 10.7. The van der Waals surface area contributed by atoms with E-state index in [0.717, 1.165) is 11.1 Å². The molecule has 0 saturated heterocycles. The van der Waals surface area contributed by atoms with Crippen molar-refractivity contribution in [3.8, 4) is 5.75 Å². The Morgan fingerprint density at radius 2 is 1.70 bits per heavy atom. The summed E-state index contributed by atoms with van der Waals surface area (Å²) in [5.41, 5.74) is 2.65. The molecule has 2 aromatic rings. The molecule has 0 saturated carbocycles. The summed E-state index contributed by atoms with van der Waals surface area (Å²) in [5.74, 6) is 0.110. The Balaban J connectivity index is 2.30. The van der Waals surface area contributed by atoms with Gasteiger partial charge in [-0.05, 0) is 56.5 Å². The fourth-order valence-corrected chi connectivity index (χ4v) is 3.69.